The maximum atomic E-state index is 12.6. The lowest BCUT2D eigenvalue weighted by molar-refractivity contribution is -0.145. The molecule has 0 aromatic heterocycles. The van der Waals surface area contributed by atoms with Crippen LogP contribution in [0.5, 0.6) is 5.75 Å². The number of halogens is 2. The third kappa shape index (κ3) is 6.22. The van der Waals surface area contributed by atoms with Crippen molar-refractivity contribution in [2.75, 3.05) is 13.2 Å². The minimum Gasteiger partial charge on any atom is -0.487 e. The Bertz CT molecular complexity index is 1030. The van der Waals surface area contributed by atoms with E-state index in [-0.39, 0.29) is 18.1 Å². The molecule has 2 aromatic carbocycles. The molecule has 31 heavy (non-hydrogen) atoms. The smallest absolute Gasteiger partial charge is 0.326 e. The lowest BCUT2D eigenvalue weighted by atomic mass is 10.1. The molecule has 9 heteroatoms. The Balaban J connectivity index is 1.74. The quantitative estimate of drug-likeness (QED) is 0.225. The summed E-state index contributed by atoms with van der Waals surface area (Å²) in [7, 11) is 0. The minimum atomic E-state index is -0.606. The van der Waals surface area contributed by atoms with E-state index < -0.39 is 17.1 Å². The van der Waals surface area contributed by atoms with Gasteiger partial charge in [-0.05, 0) is 100 Å². The molecule has 0 atom stereocenters. The molecule has 0 aliphatic carbocycles. The second-order valence-corrected chi connectivity index (χ2v) is 9.98. The van der Waals surface area contributed by atoms with Crippen LogP contribution in [-0.2, 0) is 20.9 Å². The summed E-state index contributed by atoms with van der Waals surface area (Å²) in [5.41, 5.74) is 3.05. The van der Waals surface area contributed by atoms with Crippen LogP contribution in [0.2, 0.25) is 0 Å². The fourth-order valence-corrected chi connectivity index (χ4v) is 5.73. The van der Waals surface area contributed by atoms with E-state index in [0.717, 1.165) is 40.7 Å². The third-order valence-corrected chi connectivity index (χ3v) is 6.80. The van der Waals surface area contributed by atoms with Crippen molar-refractivity contribution in [3.63, 3.8) is 0 Å². The summed E-state index contributed by atoms with van der Waals surface area (Å²) in [6.07, 6.45) is 1.66. The number of amides is 2. The van der Waals surface area contributed by atoms with Gasteiger partial charge in [-0.2, -0.15) is 0 Å². The molecule has 0 spiro atoms. The molecule has 0 saturated carbocycles. The van der Waals surface area contributed by atoms with Crippen molar-refractivity contribution in [1.29, 1.82) is 0 Å². The van der Waals surface area contributed by atoms with Crippen LogP contribution in [0.1, 0.15) is 23.6 Å². The van der Waals surface area contributed by atoms with E-state index in [9.17, 15) is 14.4 Å². The van der Waals surface area contributed by atoms with Gasteiger partial charge in [0.15, 0.2) is 0 Å². The summed E-state index contributed by atoms with van der Waals surface area (Å²) in [4.78, 5) is 37.5. The highest BCUT2D eigenvalue weighted by Crippen LogP contribution is 2.35. The van der Waals surface area contributed by atoms with E-state index >= 15 is 0 Å². The van der Waals surface area contributed by atoms with Gasteiger partial charge in [0.2, 0.25) is 0 Å². The maximum Gasteiger partial charge on any atom is 0.326 e. The number of rotatable bonds is 7. The topological polar surface area (TPSA) is 72.9 Å². The molecule has 1 fully saturated rings. The van der Waals surface area contributed by atoms with Gasteiger partial charge in [-0.15, -0.1) is 0 Å². The normalized spacial score (nSPS) is 15.0. The zero-order valence-corrected chi connectivity index (χ0v) is 21.9. The number of ether oxygens (including phenoxy) is 2. The number of carbonyl (C=O) groups is 3. The average Bonchev–Trinajstić information content (AvgIpc) is 2.96. The van der Waals surface area contributed by atoms with Crippen molar-refractivity contribution < 1.29 is 23.9 Å². The SMILES string of the molecule is CCOC(=O)CN1C(=O)S/C(=C/c2cc(I)c(OCc3ccc(C)cc3)c(I)c2)C1=O. The summed E-state index contributed by atoms with van der Waals surface area (Å²) < 4.78 is 12.6. The monoisotopic (exact) mass is 663 g/mol. The van der Waals surface area contributed by atoms with Crippen LogP contribution in [0.3, 0.4) is 0 Å². The highest BCUT2D eigenvalue weighted by molar-refractivity contribution is 14.1. The number of hydrogen-bond acceptors (Lipinski definition) is 6. The first-order valence-electron chi connectivity index (χ1n) is 9.37. The molecule has 1 saturated heterocycles. The predicted molar refractivity (Wildman–Crippen MR) is 137 cm³/mol. The zero-order chi connectivity index (χ0) is 22.5. The van der Waals surface area contributed by atoms with Gasteiger partial charge < -0.3 is 9.47 Å². The van der Waals surface area contributed by atoms with Gasteiger partial charge in [0, 0.05) is 0 Å². The van der Waals surface area contributed by atoms with Gasteiger partial charge in [-0.25, -0.2) is 0 Å². The average molecular weight is 663 g/mol. The molecule has 2 amide bonds. The van der Waals surface area contributed by atoms with E-state index in [1.165, 1.54) is 5.56 Å². The molecular weight excluding hydrogens is 644 g/mol. The van der Waals surface area contributed by atoms with Crippen molar-refractivity contribution in [1.82, 2.24) is 4.90 Å². The van der Waals surface area contributed by atoms with Crippen molar-refractivity contribution >= 4 is 80.1 Å². The van der Waals surface area contributed by atoms with Gasteiger partial charge in [0.1, 0.15) is 18.9 Å². The van der Waals surface area contributed by atoms with Gasteiger partial charge in [0.05, 0.1) is 18.7 Å². The Labute approximate surface area is 212 Å². The standard InChI is InChI=1S/C22H19I2NO5S/c1-3-29-19(26)11-25-21(27)18(31-22(25)28)10-15-8-16(23)20(17(24)9-15)30-12-14-6-4-13(2)5-7-14/h4-10H,3,11-12H2,1-2H3/b18-10+. The largest absolute Gasteiger partial charge is 0.487 e. The van der Waals surface area contributed by atoms with Crippen LogP contribution >= 0.6 is 56.9 Å². The molecule has 0 radical (unpaired) electrons. The highest BCUT2D eigenvalue weighted by atomic mass is 127. The number of esters is 1. The van der Waals surface area contributed by atoms with Crippen LogP contribution in [0.15, 0.2) is 41.3 Å². The minimum absolute atomic E-state index is 0.195. The number of aryl methyl sites for hydroxylation is 1. The van der Waals surface area contributed by atoms with E-state index in [1.54, 1.807) is 13.0 Å². The van der Waals surface area contributed by atoms with Crippen LogP contribution in [0.25, 0.3) is 6.08 Å². The molecule has 162 valence electrons. The van der Waals surface area contributed by atoms with Crippen molar-refractivity contribution in [3.8, 4) is 5.75 Å². The van der Waals surface area contributed by atoms with Gasteiger partial charge in [0.25, 0.3) is 11.1 Å². The first-order valence-corrected chi connectivity index (χ1v) is 12.3. The van der Waals surface area contributed by atoms with Crippen LogP contribution in [0.4, 0.5) is 4.79 Å². The summed E-state index contributed by atoms with van der Waals surface area (Å²) in [6.45, 7) is 3.99. The van der Waals surface area contributed by atoms with Crippen LogP contribution in [0, 0.1) is 14.1 Å². The molecule has 0 N–H and O–H groups in total. The second kappa shape index (κ2) is 10.8. The summed E-state index contributed by atoms with van der Waals surface area (Å²) >= 11 is 5.21. The number of nitrogens with zero attached hydrogens (tertiary/aromatic N) is 1. The first-order chi connectivity index (χ1) is 14.8. The van der Waals surface area contributed by atoms with E-state index in [1.807, 2.05) is 43.3 Å². The molecule has 0 bridgehead atoms. The molecule has 6 nitrogen and oxygen atoms in total. The third-order valence-electron chi connectivity index (χ3n) is 4.29. The molecule has 1 heterocycles. The molecular formula is C22H19I2NO5S. The van der Waals surface area contributed by atoms with Gasteiger partial charge in [-0.3, -0.25) is 19.3 Å². The summed E-state index contributed by atoms with van der Waals surface area (Å²) in [6, 6.07) is 12.0. The second-order valence-electron chi connectivity index (χ2n) is 6.66. The Morgan fingerprint density at radius 1 is 1.13 bits per heavy atom. The molecule has 2 aromatic rings. The lowest BCUT2D eigenvalue weighted by Crippen LogP contribution is -2.34. The fourth-order valence-electron chi connectivity index (χ4n) is 2.76. The Morgan fingerprint density at radius 2 is 1.77 bits per heavy atom. The van der Waals surface area contributed by atoms with E-state index in [4.69, 9.17) is 9.47 Å². The molecule has 1 aliphatic rings. The Morgan fingerprint density at radius 3 is 2.39 bits per heavy atom. The number of thioether (sulfide) groups is 1. The van der Waals surface area contributed by atoms with E-state index in [2.05, 4.69) is 45.2 Å². The summed E-state index contributed by atoms with van der Waals surface area (Å²) in [5, 5.41) is -0.480. The fraction of sp³-hybridized carbons (Fsp3) is 0.227. The molecule has 3 rings (SSSR count). The zero-order valence-electron chi connectivity index (χ0n) is 16.8. The Hall–Kier alpha value is -1.60. The van der Waals surface area contributed by atoms with E-state index in [0.29, 0.717) is 6.61 Å². The van der Waals surface area contributed by atoms with Crippen molar-refractivity contribution in [2.24, 2.45) is 0 Å². The van der Waals surface area contributed by atoms with Crippen molar-refractivity contribution in [3.05, 3.63) is 65.1 Å². The van der Waals surface area contributed by atoms with Crippen molar-refractivity contribution in [2.45, 2.75) is 20.5 Å². The van der Waals surface area contributed by atoms with Crippen LogP contribution in [-0.4, -0.2) is 35.2 Å². The number of carbonyl (C=O) groups excluding carboxylic acids is 3. The Kier molecular flexibility index (Phi) is 8.39. The first kappa shape index (κ1) is 24.1. The number of imide groups is 1. The van der Waals surface area contributed by atoms with Gasteiger partial charge >= 0.3 is 5.97 Å². The number of benzene rings is 2. The number of hydrogen-bond donors (Lipinski definition) is 0. The highest BCUT2D eigenvalue weighted by Gasteiger charge is 2.36. The maximum absolute atomic E-state index is 12.6. The predicted octanol–water partition coefficient (Wildman–Crippen LogP) is 5.38. The summed E-state index contributed by atoms with van der Waals surface area (Å²) in [5.74, 6) is -0.327. The lowest BCUT2D eigenvalue weighted by Gasteiger charge is -2.12. The molecule has 1 aliphatic heterocycles. The van der Waals surface area contributed by atoms with Crippen LogP contribution < -0.4 is 4.74 Å². The van der Waals surface area contributed by atoms with Gasteiger partial charge in [-0.1, -0.05) is 29.8 Å². The molecule has 0 unspecified atom stereocenters.